The standard InChI is InChI=1S/C14H19ClN2OS/c1-10-5-8-17(9-6-10)14(18)11(2)19-13-12(15)4-3-7-16-13/h3-4,7,10-11H,5-6,8-9H2,1-2H3. The van der Waals surface area contributed by atoms with Crippen molar-refractivity contribution in [2.24, 2.45) is 5.92 Å². The molecule has 1 aromatic rings. The first-order valence-electron chi connectivity index (χ1n) is 6.64. The van der Waals surface area contributed by atoms with Gasteiger partial charge in [0.05, 0.1) is 10.3 Å². The molecule has 1 amide bonds. The summed E-state index contributed by atoms with van der Waals surface area (Å²) in [5.74, 6) is 0.927. The van der Waals surface area contributed by atoms with Crippen LogP contribution in [-0.2, 0) is 4.79 Å². The highest BCUT2D eigenvalue weighted by Gasteiger charge is 2.25. The van der Waals surface area contributed by atoms with Crippen LogP contribution in [0.15, 0.2) is 23.4 Å². The molecule has 0 bridgehead atoms. The fourth-order valence-corrected chi connectivity index (χ4v) is 3.30. The molecule has 1 saturated heterocycles. The minimum atomic E-state index is -0.138. The van der Waals surface area contributed by atoms with Crippen molar-refractivity contribution in [3.63, 3.8) is 0 Å². The molecule has 19 heavy (non-hydrogen) atoms. The van der Waals surface area contributed by atoms with Crippen molar-refractivity contribution >= 4 is 29.3 Å². The topological polar surface area (TPSA) is 33.2 Å². The van der Waals surface area contributed by atoms with Gasteiger partial charge in [-0.1, -0.05) is 30.3 Å². The maximum atomic E-state index is 12.4. The van der Waals surface area contributed by atoms with Gasteiger partial charge in [-0.2, -0.15) is 0 Å². The van der Waals surface area contributed by atoms with Crippen LogP contribution in [0.2, 0.25) is 5.02 Å². The van der Waals surface area contributed by atoms with Crippen LogP contribution in [0.5, 0.6) is 0 Å². The summed E-state index contributed by atoms with van der Waals surface area (Å²) >= 11 is 7.51. The number of rotatable bonds is 3. The number of carbonyl (C=O) groups is 1. The molecule has 0 spiro atoms. The van der Waals surface area contributed by atoms with Crippen LogP contribution in [0, 0.1) is 5.92 Å². The highest BCUT2D eigenvalue weighted by atomic mass is 35.5. The fraction of sp³-hybridized carbons (Fsp3) is 0.571. The average Bonchev–Trinajstić information content (AvgIpc) is 2.41. The number of halogens is 1. The van der Waals surface area contributed by atoms with Gasteiger partial charge in [-0.3, -0.25) is 4.79 Å². The second kappa shape index (κ2) is 6.62. The van der Waals surface area contributed by atoms with Crippen LogP contribution in [0.1, 0.15) is 26.7 Å². The number of amides is 1. The van der Waals surface area contributed by atoms with Gasteiger partial charge < -0.3 is 4.90 Å². The minimum absolute atomic E-state index is 0.138. The van der Waals surface area contributed by atoms with E-state index in [4.69, 9.17) is 11.6 Å². The van der Waals surface area contributed by atoms with Crippen molar-refractivity contribution in [3.8, 4) is 0 Å². The molecule has 3 nitrogen and oxygen atoms in total. The molecule has 2 rings (SSSR count). The van der Waals surface area contributed by atoms with Crippen LogP contribution >= 0.6 is 23.4 Å². The summed E-state index contributed by atoms with van der Waals surface area (Å²) in [6, 6.07) is 3.60. The molecule has 2 heterocycles. The normalized spacial score (nSPS) is 18.4. The van der Waals surface area contributed by atoms with E-state index >= 15 is 0 Å². The van der Waals surface area contributed by atoms with Gasteiger partial charge in [0.25, 0.3) is 0 Å². The lowest BCUT2D eigenvalue weighted by molar-refractivity contribution is -0.131. The average molecular weight is 299 g/mol. The summed E-state index contributed by atoms with van der Waals surface area (Å²) in [7, 11) is 0. The first kappa shape index (κ1) is 14.7. The Hall–Kier alpha value is -0.740. The molecule has 0 N–H and O–H groups in total. The van der Waals surface area contributed by atoms with E-state index in [0.29, 0.717) is 5.02 Å². The summed E-state index contributed by atoms with van der Waals surface area (Å²) in [4.78, 5) is 18.5. The summed E-state index contributed by atoms with van der Waals surface area (Å²) in [5, 5.41) is 1.20. The van der Waals surface area contributed by atoms with Gasteiger partial charge in [0.1, 0.15) is 5.03 Å². The number of piperidine rings is 1. The summed E-state index contributed by atoms with van der Waals surface area (Å²) in [5.41, 5.74) is 0. The van der Waals surface area contributed by atoms with Crippen LogP contribution in [-0.4, -0.2) is 34.1 Å². The Morgan fingerprint density at radius 2 is 2.21 bits per heavy atom. The molecule has 104 valence electrons. The quantitative estimate of drug-likeness (QED) is 0.801. The third-order valence-electron chi connectivity index (χ3n) is 3.46. The Balaban J connectivity index is 1.94. The number of aromatic nitrogens is 1. The Kier molecular flexibility index (Phi) is 5.11. The van der Waals surface area contributed by atoms with Gasteiger partial charge in [-0.15, -0.1) is 0 Å². The molecule has 0 saturated carbocycles. The summed E-state index contributed by atoms with van der Waals surface area (Å²) in [6.45, 7) is 5.92. The predicted molar refractivity (Wildman–Crippen MR) is 79.5 cm³/mol. The molecular weight excluding hydrogens is 280 g/mol. The SMILES string of the molecule is CC1CCN(C(=O)C(C)Sc2ncccc2Cl)CC1. The summed E-state index contributed by atoms with van der Waals surface area (Å²) < 4.78 is 0. The first-order valence-corrected chi connectivity index (χ1v) is 7.89. The van der Waals surface area contributed by atoms with Crippen molar-refractivity contribution in [1.82, 2.24) is 9.88 Å². The second-order valence-corrected chi connectivity index (χ2v) is 6.79. The lowest BCUT2D eigenvalue weighted by Gasteiger charge is -2.32. The van der Waals surface area contributed by atoms with Gasteiger partial charge in [-0.25, -0.2) is 4.98 Å². The van der Waals surface area contributed by atoms with Crippen LogP contribution in [0.3, 0.4) is 0 Å². The number of likely N-dealkylation sites (tertiary alicyclic amines) is 1. The van der Waals surface area contributed by atoms with E-state index in [-0.39, 0.29) is 11.2 Å². The van der Waals surface area contributed by atoms with E-state index in [2.05, 4.69) is 11.9 Å². The third kappa shape index (κ3) is 3.86. The minimum Gasteiger partial charge on any atom is -0.342 e. The Bertz CT molecular complexity index is 447. The van der Waals surface area contributed by atoms with Crippen LogP contribution < -0.4 is 0 Å². The lowest BCUT2D eigenvalue weighted by atomic mass is 9.99. The lowest BCUT2D eigenvalue weighted by Crippen LogP contribution is -2.41. The molecule has 1 aliphatic heterocycles. The fourth-order valence-electron chi connectivity index (χ4n) is 2.16. The molecule has 5 heteroatoms. The summed E-state index contributed by atoms with van der Waals surface area (Å²) in [6.07, 6.45) is 3.91. The van der Waals surface area contributed by atoms with E-state index in [1.54, 1.807) is 18.3 Å². The first-order chi connectivity index (χ1) is 9.08. The van der Waals surface area contributed by atoms with Crippen molar-refractivity contribution in [3.05, 3.63) is 23.4 Å². The number of nitrogens with zero attached hydrogens (tertiary/aromatic N) is 2. The zero-order chi connectivity index (χ0) is 13.8. The molecule has 1 aromatic heterocycles. The van der Waals surface area contributed by atoms with Crippen LogP contribution in [0.4, 0.5) is 0 Å². The third-order valence-corrected chi connectivity index (χ3v) is 4.98. The zero-order valence-electron chi connectivity index (χ0n) is 11.3. The number of pyridine rings is 1. The Morgan fingerprint density at radius 1 is 1.53 bits per heavy atom. The van der Waals surface area contributed by atoms with Gasteiger partial charge in [0, 0.05) is 19.3 Å². The van der Waals surface area contributed by atoms with Crippen LogP contribution in [0.25, 0.3) is 0 Å². The van der Waals surface area contributed by atoms with Crippen molar-refractivity contribution in [2.45, 2.75) is 37.0 Å². The van der Waals surface area contributed by atoms with E-state index < -0.39 is 0 Å². The van der Waals surface area contributed by atoms with Crippen molar-refractivity contribution in [2.75, 3.05) is 13.1 Å². The van der Waals surface area contributed by atoms with Gasteiger partial charge in [-0.05, 0) is 37.8 Å². The maximum Gasteiger partial charge on any atom is 0.235 e. The zero-order valence-corrected chi connectivity index (χ0v) is 12.9. The van der Waals surface area contributed by atoms with Crippen molar-refractivity contribution < 1.29 is 4.79 Å². The molecule has 1 unspecified atom stereocenters. The monoisotopic (exact) mass is 298 g/mol. The molecule has 1 fully saturated rings. The molecule has 1 aliphatic rings. The number of hydrogen-bond donors (Lipinski definition) is 0. The van der Waals surface area contributed by atoms with Crippen molar-refractivity contribution in [1.29, 1.82) is 0 Å². The predicted octanol–water partition coefficient (Wildman–Crippen LogP) is 3.47. The van der Waals surface area contributed by atoms with Gasteiger partial charge >= 0.3 is 0 Å². The number of carbonyl (C=O) groups excluding carboxylic acids is 1. The number of hydrogen-bond acceptors (Lipinski definition) is 3. The van der Waals surface area contributed by atoms with E-state index in [1.165, 1.54) is 11.8 Å². The highest BCUT2D eigenvalue weighted by molar-refractivity contribution is 8.00. The Morgan fingerprint density at radius 3 is 2.84 bits per heavy atom. The molecule has 1 atom stereocenters. The van der Waals surface area contributed by atoms with E-state index in [0.717, 1.165) is 36.9 Å². The largest absolute Gasteiger partial charge is 0.342 e. The Labute approximate surface area is 123 Å². The molecular formula is C14H19ClN2OS. The smallest absolute Gasteiger partial charge is 0.235 e. The molecule has 0 radical (unpaired) electrons. The second-order valence-electron chi connectivity index (χ2n) is 5.06. The molecule has 0 aromatic carbocycles. The van der Waals surface area contributed by atoms with Gasteiger partial charge in [0.15, 0.2) is 0 Å². The van der Waals surface area contributed by atoms with E-state index in [9.17, 15) is 4.79 Å². The maximum absolute atomic E-state index is 12.4. The van der Waals surface area contributed by atoms with Gasteiger partial charge in [0.2, 0.25) is 5.91 Å². The van der Waals surface area contributed by atoms with E-state index in [1.807, 2.05) is 11.8 Å². The number of thioether (sulfide) groups is 1. The molecule has 0 aliphatic carbocycles. The highest BCUT2D eigenvalue weighted by Crippen LogP contribution is 2.29.